The van der Waals surface area contributed by atoms with Gasteiger partial charge >= 0.3 is 0 Å². The van der Waals surface area contributed by atoms with Crippen molar-refractivity contribution in [3.05, 3.63) is 57.5 Å². The molecule has 2 aromatic rings. The Bertz CT molecular complexity index is 1110. The summed E-state index contributed by atoms with van der Waals surface area (Å²) in [6.45, 7) is 2.88. The number of benzene rings is 2. The summed E-state index contributed by atoms with van der Waals surface area (Å²) in [6.07, 6.45) is 3.70. The van der Waals surface area contributed by atoms with Crippen LogP contribution in [0.3, 0.4) is 0 Å². The highest BCUT2D eigenvalue weighted by molar-refractivity contribution is 9.10. The predicted molar refractivity (Wildman–Crippen MR) is 143 cm³/mol. The number of carbonyl (C=O) groups is 2. The zero-order chi connectivity index (χ0) is 25.3. The van der Waals surface area contributed by atoms with Crippen molar-refractivity contribution in [3.8, 4) is 11.5 Å². The van der Waals surface area contributed by atoms with E-state index in [2.05, 4.69) is 31.8 Å². The van der Waals surface area contributed by atoms with Crippen molar-refractivity contribution in [1.29, 1.82) is 0 Å². The summed E-state index contributed by atoms with van der Waals surface area (Å²) < 4.78 is 12.5. The van der Waals surface area contributed by atoms with Gasteiger partial charge in [0.2, 0.25) is 5.91 Å². The first-order valence-corrected chi connectivity index (χ1v) is 13.3. The lowest BCUT2D eigenvalue weighted by Crippen LogP contribution is -2.46. The molecule has 192 valence electrons. The predicted octanol–water partition coefficient (Wildman–Crippen LogP) is 4.15. The highest BCUT2D eigenvalue weighted by Gasteiger charge is 2.23. The molecule has 1 fully saturated rings. The lowest BCUT2D eigenvalue weighted by atomic mass is 10.0. The van der Waals surface area contributed by atoms with Crippen molar-refractivity contribution in [2.75, 3.05) is 32.8 Å². The van der Waals surface area contributed by atoms with Gasteiger partial charge in [0.25, 0.3) is 5.91 Å². The van der Waals surface area contributed by atoms with Crippen LogP contribution in [0.1, 0.15) is 37.7 Å². The molecule has 4 rings (SSSR count). The van der Waals surface area contributed by atoms with Gasteiger partial charge in [-0.25, -0.2) is 5.43 Å². The van der Waals surface area contributed by atoms with E-state index in [-0.39, 0.29) is 18.4 Å². The van der Waals surface area contributed by atoms with E-state index in [4.69, 9.17) is 21.1 Å². The number of nitrogens with zero attached hydrogens (tertiary/aromatic N) is 2. The fourth-order valence-corrected chi connectivity index (χ4v) is 4.78. The second-order valence-electron chi connectivity index (χ2n) is 8.80. The Morgan fingerprint density at radius 2 is 2.00 bits per heavy atom. The maximum Gasteiger partial charge on any atom is 0.260 e. The molecule has 2 N–H and O–H groups in total. The summed E-state index contributed by atoms with van der Waals surface area (Å²) in [5.74, 6) is 1.18. The summed E-state index contributed by atoms with van der Waals surface area (Å²) in [4.78, 5) is 25.8. The van der Waals surface area contributed by atoms with Crippen LogP contribution < -0.4 is 20.2 Å². The second kappa shape index (κ2) is 13.1. The number of hydrogen-bond acceptors (Lipinski definition) is 6. The largest absolute Gasteiger partial charge is 0.494 e. The van der Waals surface area contributed by atoms with E-state index in [1.54, 1.807) is 12.1 Å². The third kappa shape index (κ3) is 7.69. The molecule has 0 bridgehead atoms. The van der Waals surface area contributed by atoms with Crippen molar-refractivity contribution in [3.63, 3.8) is 0 Å². The molecule has 36 heavy (non-hydrogen) atoms. The Morgan fingerprint density at radius 3 is 2.72 bits per heavy atom. The molecule has 2 aliphatic rings. The molecule has 2 aliphatic heterocycles. The summed E-state index contributed by atoms with van der Waals surface area (Å²) >= 11 is 9.81. The summed E-state index contributed by atoms with van der Waals surface area (Å²) in [7, 11) is 0. The third-order valence-corrected chi connectivity index (χ3v) is 6.98. The van der Waals surface area contributed by atoms with Crippen LogP contribution in [-0.2, 0) is 9.59 Å². The van der Waals surface area contributed by atoms with Crippen LogP contribution in [0.15, 0.2) is 52.0 Å². The second-order valence-corrected chi connectivity index (χ2v) is 10.1. The van der Waals surface area contributed by atoms with Crippen molar-refractivity contribution >= 4 is 45.1 Å². The molecule has 8 nitrogen and oxygen atoms in total. The molecule has 2 amide bonds. The van der Waals surface area contributed by atoms with Crippen LogP contribution in [0.4, 0.5) is 0 Å². The molecule has 0 atom stereocenters. The Labute approximate surface area is 224 Å². The highest BCUT2D eigenvalue weighted by atomic mass is 79.9. The van der Waals surface area contributed by atoms with Crippen LogP contribution in [0.25, 0.3) is 0 Å². The van der Waals surface area contributed by atoms with Gasteiger partial charge in [0.1, 0.15) is 11.5 Å². The monoisotopic (exact) mass is 576 g/mol. The molecular weight excluding hydrogens is 548 g/mol. The first-order chi connectivity index (χ1) is 17.5. The average molecular weight is 578 g/mol. The lowest BCUT2D eigenvalue weighted by Gasteiger charge is -2.32. The molecule has 10 heteroatoms. The summed E-state index contributed by atoms with van der Waals surface area (Å²) in [6, 6.07) is 13.6. The van der Waals surface area contributed by atoms with Gasteiger partial charge in [-0.3, -0.25) is 9.59 Å². The fraction of sp³-hybridized carbons (Fsp3) is 0.423. The molecule has 0 aliphatic carbocycles. The number of hydrazone groups is 1. The molecule has 0 saturated carbocycles. The average Bonchev–Trinajstić information content (AvgIpc) is 2.88. The minimum atomic E-state index is -0.0924. The normalized spacial score (nSPS) is 16.3. The van der Waals surface area contributed by atoms with Crippen molar-refractivity contribution in [1.82, 2.24) is 15.6 Å². The van der Waals surface area contributed by atoms with E-state index >= 15 is 0 Å². The number of ether oxygens (including phenoxy) is 2. The first-order valence-electron chi connectivity index (χ1n) is 12.2. The Morgan fingerprint density at radius 1 is 1.17 bits per heavy atom. The smallest absolute Gasteiger partial charge is 0.260 e. The maximum atomic E-state index is 12.7. The number of halogens is 2. The fourth-order valence-electron chi connectivity index (χ4n) is 4.17. The van der Waals surface area contributed by atoms with Gasteiger partial charge in [0.05, 0.1) is 17.3 Å². The minimum Gasteiger partial charge on any atom is -0.494 e. The van der Waals surface area contributed by atoms with E-state index in [0.29, 0.717) is 49.4 Å². The van der Waals surface area contributed by atoms with Crippen molar-refractivity contribution < 1.29 is 19.1 Å². The summed E-state index contributed by atoms with van der Waals surface area (Å²) in [5.41, 5.74) is 4.08. The number of carbonyl (C=O) groups excluding carboxylic acids is 2. The van der Waals surface area contributed by atoms with Crippen LogP contribution in [0.5, 0.6) is 11.5 Å². The van der Waals surface area contributed by atoms with Gasteiger partial charge in [0, 0.05) is 36.4 Å². The topological polar surface area (TPSA) is 92.3 Å². The highest BCUT2D eigenvalue weighted by Crippen LogP contribution is 2.27. The van der Waals surface area contributed by atoms with Gasteiger partial charge in [-0.05, 0) is 67.8 Å². The van der Waals surface area contributed by atoms with E-state index in [9.17, 15) is 9.59 Å². The van der Waals surface area contributed by atoms with E-state index in [1.807, 2.05) is 35.2 Å². The SMILES string of the molecule is O=C1CCC(c2ccc(OCC(=O)N3CCC(NCCCOc4cccc(Br)c4)CC3)c(Cl)c2)=NN1. The zero-order valence-electron chi connectivity index (χ0n) is 20.0. The molecule has 0 radical (unpaired) electrons. The zero-order valence-corrected chi connectivity index (χ0v) is 22.3. The van der Waals surface area contributed by atoms with Crippen LogP contribution >= 0.6 is 27.5 Å². The third-order valence-electron chi connectivity index (χ3n) is 6.19. The Kier molecular flexibility index (Phi) is 9.60. The number of nitrogens with one attached hydrogen (secondary N) is 2. The minimum absolute atomic E-state index is 0.0459. The van der Waals surface area contributed by atoms with Gasteiger partial charge in [0.15, 0.2) is 6.61 Å². The van der Waals surface area contributed by atoms with E-state index in [0.717, 1.165) is 47.3 Å². The number of hydrogen-bond donors (Lipinski definition) is 2. The standard InChI is InChI=1S/C26H30BrClN4O4/c27-19-3-1-4-21(16-19)35-14-2-11-29-20-9-12-32(13-10-20)26(34)17-36-24-7-5-18(15-22(24)28)23-6-8-25(33)31-30-23/h1,3-5,7,15-16,20,29H,2,6,8-14,17H2,(H,31,33). The van der Waals surface area contributed by atoms with Gasteiger partial charge in [-0.1, -0.05) is 33.6 Å². The molecule has 2 aromatic carbocycles. The molecular formula is C26H30BrClN4O4. The molecule has 0 aromatic heterocycles. The number of rotatable bonds is 10. The van der Waals surface area contributed by atoms with Crippen LogP contribution in [-0.4, -0.2) is 61.3 Å². The molecule has 2 heterocycles. The number of likely N-dealkylation sites (tertiary alicyclic amines) is 1. The van der Waals surface area contributed by atoms with Gasteiger partial charge in [-0.2, -0.15) is 5.10 Å². The van der Waals surface area contributed by atoms with Gasteiger partial charge < -0.3 is 19.7 Å². The molecule has 0 unspecified atom stereocenters. The Hall–Kier alpha value is -2.62. The Balaban J connectivity index is 1.13. The molecule has 1 saturated heterocycles. The first kappa shape index (κ1) is 26.4. The quantitative estimate of drug-likeness (QED) is 0.414. The van der Waals surface area contributed by atoms with Crippen LogP contribution in [0.2, 0.25) is 5.02 Å². The van der Waals surface area contributed by atoms with Crippen molar-refractivity contribution in [2.24, 2.45) is 5.10 Å². The van der Waals surface area contributed by atoms with Gasteiger partial charge in [-0.15, -0.1) is 0 Å². The van der Waals surface area contributed by atoms with Crippen LogP contribution in [0, 0.1) is 0 Å². The van der Waals surface area contributed by atoms with E-state index < -0.39 is 0 Å². The summed E-state index contributed by atoms with van der Waals surface area (Å²) in [5, 5.41) is 8.06. The number of piperidine rings is 1. The maximum absolute atomic E-state index is 12.7. The molecule has 0 spiro atoms. The van der Waals surface area contributed by atoms with E-state index in [1.165, 1.54) is 0 Å². The lowest BCUT2D eigenvalue weighted by molar-refractivity contribution is -0.134. The van der Waals surface area contributed by atoms with Crippen molar-refractivity contribution in [2.45, 2.75) is 38.1 Å². The number of amides is 2.